The van der Waals surface area contributed by atoms with Gasteiger partial charge in [0.05, 0.1) is 14.2 Å². The van der Waals surface area contributed by atoms with Crippen LogP contribution >= 0.6 is 0 Å². The highest BCUT2D eigenvalue weighted by Gasteiger charge is 2.45. The van der Waals surface area contributed by atoms with E-state index < -0.39 is 24.0 Å². The van der Waals surface area contributed by atoms with Gasteiger partial charge in [-0.05, 0) is 42.9 Å². The van der Waals surface area contributed by atoms with Gasteiger partial charge in [0.25, 0.3) is 5.91 Å². The van der Waals surface area contributed by atoms with Crippen LogP contribution in [-0.4, -0.2) is 73.0 Å². The molecule has 2 aliphatic rings. The number of aromatic amines is 1. The van der Waals surface area contributed by atoms with Crippen molar-refractivity contribution in [3.8, 4) is 5.75 Å². The summed E-state index contributed by atoms with van der Waals surface area (Å²) in [5, 5.41) is 6.28. The van der Waals surface area contributed by atoms with Crippen LogP contribution in [0.1, 0.15) is 43.6 Å². The topological polar surface area (TPSA) is 130 Å². The maximum atomic E-state index is 13.5. The first kappa shape index (κ1) is 24.6. The van der Waals surface area contributed by atoms with E-state index in [4.69, 9.17) is 9.47 Å². The van der Waals surface area contributed by atoms with Crippen LogP contribution in [0.2, 0.25) is 0 Å². The second-order valence-electron chi connectivity index (χ2n) is 10.0. The summed E-state index contributed by atoms with van der Waals surface area (Å²) in [4.78, 5) is 56.1. The Balaban J connectivity index is 1.56. The van der Waals surface area contributed by atoms with Gasteiger partial charge in [-0.25, -0.2) is 4.79 Å². The van der Waals surface area contributed by atoms with E-state index in [-0.39, 0.29) is 29.6 Å². The van der Waals surface area contributed by atoms with Gasteiger partial charge < -0.3 is 30.0 Å². The Morgan fingerprint density at radius 1 is 1.26 bits per heavy atom. The number of carbonyl (C=O) groups excluding carboxylic acids is 4. The molecule has 10 nitrogen and oxygen atoms in total. The number of ether oxygens (including phenoxy) is 2. The van der Waals surface area contributed by atoms with Crippen molar-refractivity contribution in [2.75, 3.05) is 27.3 Å². The van der Waals surface area contributed by atoms with Crippen molar-refractivity contribution >= 4 is 34.6 Å². The second-order valence-corrected chi connectivity index (χ2v) is 10.0. The Kier molecular flexibility index (Phi) is 6.73. The minimum atomic E-state index is -0.973. The number of H-pyrrole nitrogens is 1. The fourth-order valence-electron chi connectivity index (χ4n) is 5.07. The predicted molar refractivity (Wildman–Crippen MR) is 128 cm³/mol. The van der Waals surface area contributed by atoms with Gasteiger partial charge in [0.15, 0.2) is 0 Å². The van der Waals surface area contributed by atoms with Crippen molar-refractivity contribution in [1.82, 2.24) is 20.5 Å². The summed E-state index contributed by atoms with van der Waals surface area (Å²) in [6.07, 6.45) is 1.18. The number of rotatable bonds is 7. The highest BCUT2D eigenvalue weighted by atomic mass is 16.5. The molecule has 0 bridgehead atoms. The third-order valence-corrected chi connectivity index (χ3v) is 6.84. The van der Waals surface area contributed by atoms with Crippen LogP contribution in [0.3, 0.4) is 0 Å². The largest absolute Gasteiger partial charge is 0.496 e. The molecule has 188 valence electrons. The van der Waals surface area contributed by atoms with E-state index in [1.807, 2.05) is 32.0 Å². The molecule has 35 heavy (non-hydrogen) atoms. The zero-order valence-electron chi connectivity index (χ0n) is 20.5. The lowest BCUT2D eigenvalue weighted by Crippen LogP contribution is -2.51. The number of methoxy groups -OCH3 is 2. The summed E-state index contributed by atoms with van der Waals surface area (Å²) in [5.41, 5.74) is 0.813. The normalized spacial score (nSPS) is 22.1. The molecule has 2 aliphatic heterocycles. The molecule has 3 heterocycles. The molecule has 3 atom stereocenters. The summed E-state index contributed by atoms with van der Waals surface area (Å²) in [7, 11) is 2.81. The first-order chi connectivity index (χ1) is 16.6. The first-order valence-electron chi connectivity index (χ1n) is 11.8. The summed E-state index contributed by atoms with van der Waals surface area (Å²) < 4.78 is 10.3. The van der Waals surface area contributed by atoms with Crippen molar-refractivity contribution < 1.29 is 28.7 Å². The van der Waals surface area contributed by atoms with Gasteiger partial charge in [-0.15, -0.1) is 0 Å². The van der Waals surface area contributed by atoms with E-state index in [0.29, 0.717) is 37.4 Å². The van der Waals surface area contributed by atoms with Crippen LogP contribution in [-0.2, 0) is 19.1 Å². The van der Waals surface area contributed by atoms with Gasteiger partial charge in [0.1, 0.15) is 23.5 Å². The zero-order chi connectivity index (χ0) is 25.3. The van der Waals surface area contributed by atoms with Crippen molar-refractivity contribution in [2.24, 2.45) is 11.3 Å². The molecule has 3 N–H and O–H groups in total. The average molecular weight is 485 g/mol. The van der Waals surface area contributed by atoms with Gasteiger partial charge >= 0.3 is 5.97 Å². The number of benzene rings is 1. The van der Waals surface area contributed by atoms with Gasteiger partial charge in [-0.1, -0.05) is 19.9 Å². The molecular weight excluding hydrogens is 452 g/mol. The molecule has 0 spiro atoms. The molecule has 1 aromatic heterocycles. The van der Waals surface area contributed by atoms with Crippen LogP contribution in [0.25, 0.3) is 10.9 Å². The van der Waals surface area contributed by atoms with Crippen LogP contribution in [0.4, 0.5) is 0 Å². The highest BCUT2D eigenvalue weighted by Crippen LogP contribution is 2.36. The van der Waals surface area contributed by atoms with E-state index in [1.165, 1.54) is 7.11 Å². The maximum absolute atomic E-state index is 13.5. The summed E-state index contributed by atoms with van der Waals surface area (Å²) in [6.45, 7) is 4.91. The average Bonchev–Trinajstić information content (AvgIpc) is 3.53. The number of esters is 1. The number of nitrogens with zero attached hydrogens (tertiary/aromatic N) is 1. The van der Waals surface area contributed by atoms with Crippen molar-refractivity contribution in [2.45, 2.75) is 45.2 Å². The fourth-order valence-corrected chi connectivity index (χ4v) is 5.07. The lowest BCUT2D eigenvalue weighted by atomic mass is 9.90. The van der Waals surface area contributed by atoms with Crippen LogP contribution in [0.15, 0.2) is 24.3 Å². The molecule has 4 rings (SSSR count). The molecule has 2 aromatic rings. The van der Waals surface area contributed by atoms with Gasteiger partial charge in [-0.2, -0.15) is 0 Å². The monoisotopic (exact) mass is 484 g/mol. The third-order valence-electron chi connectivity index (χ3n) is 6.84. The Hall–Kier alpha value is -3.56. The standard InChI is InChI=1S/C25H32N4O6/c1-25(2)12-19(22(31)28-18(24(33)35-4)10-14-8-9-26-21(14)30)29(13-25)23(32)17-11-15-16(27-17)6-5-7-20(15)34-3/h5-7,11,14,18-19,27H,8-10,12-13H2,1-4H3,(H,26,30)(H,28,31). The number of aromatic nitrogens is 1. The number of hydrogen-bond donors (Lipinski definition) is 3. The SMILES string of the molecule is COC(=O)C(CC1CCNC1=O)NC(=O)C1CC(C)(C)CN1C(=O)c1cc2c(OC)cccc2[nH]1. The number of fused-ring (bicyclic) bond motifs is 1. The molecule has 1 aromatic carbocycles. The number of amides is 3. The quantitative estimate of drug-likeness (QED) is 0.512. The fraction of sp³-hybridized carbons (Fsp3) is 0.520. The van der Waals surface area contributed by atoms with Crippen molar-refractivity contribution in [1.29, 1.82) is 0 Å². The number of carbonyl (C=O) groups is 4. The summed E-state index contributed by atoms with van der Waals surface area (Å²) >= 11 is 0. The Bertz CT molecular complexity index is 1160. The van der Waals surface area contributed by atoms with E-state index in [0.717, 1.165) is 10.9 Å². The minimum absolute atomic E-state index is 0.138. The third kappa shape index (κ3) is 4.96. The number of hydrogen-bond acceptors (Lipinski definition) is 6. The van der Waals surface area contributed by atoms with E-state index in [1.54, 1.807) is 18.1 Å². The lowest BCUT2D eigenvalue weighted by molar-refractivity contribution is -0.146. The molecular formula is C25H32N4O6. The first-order valence-corrected chi connectivity index (χ1v) is 11.8. The van der Waals surface area contributed by atoms with Gasteiger partial charge in [0, 0.05) is 29.9 Å². The van der Waals surface area contributed by atoms with E-state index in [9.17, 15) is 19.2 Å². The zero-order valence-corrected chi connectivity index (χ0v) is 20.5. The van der Waals surface area contributed by atoms with Gasteiger partial charge in [-0.3, -0.25) is 14.4 Å². The molecule has 3 amide bonds. The number of nitrogens with one attached hydrogen (secondary N) is 3. The van der Waals surface area contributed by atoms with Crippen molar-refractivity contribution in [3.63, 3.8) is 0 Å². The molecule has 0 aliphatic carbocycles. The van der Waals surface area contributed by atoms with Gasteiger partial charge in [0.2, 0.25) is 11.8 Å². The molecule has 0 radical (unpaired) electrons. The Morgan fingerprint density at radius 2 is 2.03 bits per heavy atom. The highest BCUT2D eigenvalue weighted by molar-refractivity contribution is 6.02. The van der Waals surface area contributed by atoms with Crippen molar-refractivity contribution in [3.05, 3.63) is 30.0 Å². The molecule has 2 saturated heterocycles. The molecule has 2 fully saturated rings. The molecule has 10 heteroatoms. The summed E-state index contributed by atoms with van der Waals surface area (Å²) in [5.74, 6) is -1.23. The number of likely N-dealkylation sites (tertiary alicyclic amines) is 1. The second kappa shape index (κ2) is 9.59. The van der Waals surface area contributed by atoms with Crippen LogP contribution in [0.5, 0.6) is 5.75 Å². The Morgan fingerprint density at radius 3 is 2.69 bits per heavy atom. The Labute approximate surface area is 203 Å². The molecule has 0 saturated carbocycles. The van der Waals surface area contributed by atoms with Crippen LogP contribution < -0.4 is 15.4 Å². The van der Waals surface area contributed by atoms with E-state index in [2.05, 4.69) is 15.6 Å². The van der Waals surface area contributed by atoms with E-state index >= 15 is 0 Å². The smallest absolute Gasteiger partial charge is 0.328 e. The van der Waals surface area contributed by atoms with Crippen LogP contribution in [0, 0.1) is 11.3 Å². The predicted octanol–water partition coefficient (Wildman–Crippen LogP) is 1.60. The molecule has 3 unspecified atom stereocenters. The minimum Gasteiger partial charge on any atom is -0.496 e. The summed E-state index contributed by atoms with van der Waals surface area (Å²) in [6, 6.07) is 5.49. The lowest BCUT2D eigenvalue weighted by Gasteiger charge is -2.26. The maximum Gasteiger partial charge on any atom is 0.328 e.